The number of halogens is 2. The van der Waals surface area contributed by atoms with Crippen LogP contribution in [0.3, 0.4) is 0 Å². The topological polar surface area (TPSA) is 21.3 Å². The summed E-state index contributed by atoms with van der Waals surface area (Å²) < 4.78 is 29.2. The van der Waals surface area contributed by atoms with Gasteiger partial charge in [-0.25, -0.2) is 0 Å². The fourth-order valence-corrected chi connectivity index (χ4v) is 2.38. The lowest BCUT2D eigenvalue weighted by molar-refractivity contribution is -0.0493. The van der Waals surface area contributed by atoms with E-state index >= 15 is 0 Å². The molecule has 0 amide bonds. The molecule has 2 aromatic rings. The first kappa shape index (κ1) is 13.9. The zero-order valence-corrected chi connectivity index (χ0v) is 11.6. The molecule has 1 saturated carbocycles. The summed E-state index contributed by atoms with van der Waals surface area (Å²) in [7, 11) is 0. The predicted octanol–water partition coefficient (Wildman–Crippen LogP) is 4.78. The Kier molecular flexibility index (Phi) is 4.04. The van der Waals surface area contributed by atoms with Crippen molar-refractivity contribution >= 4 is 5.69 Å². The SMILES string of the molecule is FC(F)Oc1ccccc1NCc1cccc(C2CC2)c1. The van der Waals surface area contributed by atoms with Gasteiger partial charge in [0.2, 0.25) is 0 Å². The summed E-state index contributed by atoms with van der Waals surface area (Å²) >= 11 is 0. The second-order valence-electron chi connectivity index (χ2n) is 5.25. The lowest BCUT2D eigenvalue weighted by Gasteiger charge is -2.13. The van der Waals surface area contributed by atoms with Crippen LogP contribution in [0.4, 0.5) is 14.5 Å². The smallest absolute Gasteiger partial charge is 0.387 e. The summed E-state index contributed by atoms with van der Waals surface area (Å²) in [6.07, 6.45) is 2.53. The van der Waals surface area contributed by atoms with Crippen molar-refractivity contribution in [3.05, 3.63) is 59.7 Å². The van der Waals surface area contributed by atoms with Gasteiger partial charge in [-0.3, -0.25) is 0 Å². The van der Waals surface area contributed by atoms with Crippen LogP contribution in [0, 0.1) is 0 Å². The van der Waals surface area contributed by atoms with Gasteiger partial charge in [0.05, 0.1) is 5.69 Å². The minimum absolute atomic E-state index is 0.172. The highest BCUT2D eigenvalue weighted by Gasteiger charge is 2.23. The Morgan fingerprint density at radius 2 is 1.90 bits per heavy atom. The molecule has 0 spiro atoms. The molecule has 0 aliphatic heterocycles. The molecule has 4 heteroatoms. The van der Waals surface area contributed by atoms with E-state index in [-0.39, 0.29) is 5.75 Å². The summed E-state index contributed by atoms with van der Waals surface area (Å²) in [5, 5.41) is 3.16. The zero-order valence-electron chi connectivity index (χ0n) is 11.6. The maximum atomic E-state index is 12.4. The number of hydrogen-bond acceptors (Lipinski definition) is 2. The third kappa shape index (κ3) is 3.72. The Bertz CT molecular complexity index is 611. The fraction of sp³-hybridized carbons (Fsp3) is 0.294. The van der Waals surface area contributed by atoms with Crippen molar-refractivity contribution in [2.45, 2.75) is 31.9 Å². The Balaban J connectivity index is 1.68. The highest BCUT2D eigenvalue weighted by Crippen LogP contribution is 2.40. The van der Waals surface area contributed by atoms with Crippen LogP contribution in [0.2, 0.25) is 0 Å². The minimum Gasteiger partial charge on any atom is -0.433 e. The van der Waals surface area contributed by atoms with E-state index in [2.05, 4.69) is 22.2 Å². The monoisotopic (exact) mass is 289 g/mol. The van der Waals surface area contributed by atoms with E-state index in [1.165, 1.54) is 24.5 Å². The molecule has 1 fully saturated rings. The van der Waals surface area contributed by atoms with Gasteiger partial charge >= 0.3 is 6.61 Å². The third-order valence-corrected chi connectivity index (χ3v) is 3.59. The van der Waals surface area contributed by atoms with Crippen molar-refractivity contribution in [2.75, 3.05) is 5.32 Å². The molecule has 21 heavy (non-hydrogen) atoms. The molecule has 1 N–H and O–H groups in total. The van der Waals surface area contributed by atoms with Crippen LogP contribution in [0.1, 0.15) is 29.9 Å². The van der Waals surface area contributed by atoms with Gasteiger partial charge in [0.1, 0.15) is 5.75 Å². The molecule has 110 valence electrons. The number of para-hydroxylation sites is 2. The second kappa shape index (κ2) is 6.12. The number of hydrogen-bond donors (Lipinski definition) is 1. The van der Waals surface area contributed by atoms with Gasteiger partial charge in [0.25, 0.3) is 0 Å². The van der Waals surface area contributed by atoms with Gasteiger partial charge in [0.15, 0.2) is 0 Å². The lowest BCUT2D eigenvalue weighted by Crippen LogP contribution is -2.06. The average molecular weight is 289 g/mol. The van der Waals surface area contributed by atoms with Crippen LogP contribution in [0.15, 0.2) is 48.5 Å². The molecular weight excluding hydrogens is 272 g/mol. The van der Waals surface area contributed by atoms with Gasteiger partial charge in [-0.15, -0.1) is 0 Å². The first-order valence-corrected chi connectivity index (χ1v) is 7.09. The van der Waals surface area contributed by atoms with E-state index in [0.717, 1.165) is 5.56 Å². The number of benzene rings is 2. The van der Waals surface area contributed by atoms with E-state index < -0.39 is 6.61 Å². The maximum absolute atomic E-state index is 12.4. The summed E-state index contributed by atoms with van der Waals surface area (Å²) in [6.45, 7) is -2.23. The maximum Gasteiger partial charge on any atom is 0.387 e. The predicted molar refractivity (Wildman–Crippen MR) is 78.8 cm³/mol. The highest BCUT2D eigenvalue weighted by molar-refractivity contribution is 5.56. The van der Waals surface area contributed by atoms with Crippen LogP contribution in [0.5, 0.6) is 5.75 Å². The standard InChI is InChI=1S/C17H17F2NO/c18-17(19)21-16-7-2-1-6-15(16)20-11-12-4-3-5-14(10-12)13-8-9-13/h1-7,10,13,17,20H,8-9,11H2. The molecule has 2 aromatic carbocycles. The van der Waals surface area contributed by atoms with Crippen LogP contribution >= 0.6 is 0 Å². The van der Waals surface area contributed by atoms with Crippen molar-refractivity contribution in [2.24, 2.45) is 0 Å². The Morgan fingerprint density at radius 3 is 2.67 bits per heavy atom. The summed E-state index contributed by atoms with van der Waals surface area (Å²) in [5.41, 5.74) is 3.09. The molecule has 3 rings (SSSR count). The Morgan fingerprint density at radius 1 is 1.10 bits per heavy atom. The molecule has 0 aromatic heterocycles. The molecule has 0 saturated heterocycles. The number of nitrogens with one attached hydrogen (secondary N) is 1. The van der Waals surface area contributed by atoms with Gasteiger partial charge in [-0.2, -0.15) is 8.78 Å². The van der Waals surface area contributed by atoms with E-state index in [4.69, 9.17) is 0 Å². The van der Waals surface area contributed by atoms with Crippen LogP contribution < -0.4 is 10.1 Å². The molecule has 0 unspecified atom stereocenters. The summed E-state index contributed by atoms with van der Waals surface area (Å²) in [5.74, 6) is 0.880. The molecule has 1 aliphatic carbocycles. The number of alkyl halides is 2. The van der Waals surface area contributed by atoms with Crippen molar-refractivity contribution in [1.82, 2.24) is 0 Å². The molecule has 0 heterocycles. The Labute approximate surface area is 122 Å². The van der Waals surface area contributed by atoms with Crippen molar-refractivity contribution < 1.29 is 13.5 Å². The molecule has 0 radical (unpaired) electrons. The largest absolute Gasteiger partial charge is 0.433 e. The zero-order chi connectivity index (χ0) is 14.7. The number of ether oxygens (including phenoxy) is 1. The quantitative estimate of drug-likeness (QED) is 0.826. The van der Waals surface area contributed by atoms with Crippen molar-refractivity contribution in [1.29, 1.82) is 0 Å². The third-order valence-electron chi connectivity index (χ3n) is 3.59. The minimum atomic E-state index is -2.81. The molecule has 0 atom stereocenters. The first-order chi connectivity index (χ1) is 10.2. The summed E-state index contributed by atoms with van der Waals surface area (Å²) in [6, 6.07) is 15.2. The normalized spacial score (nSPS) is 14.2. The van der Waals surface area contributed by atoms with Crippen LogP contribution in [-0.4, -0.2) is 6.61 Å². The highest BCUT2D eigenvalue weighted by atomic mass is 19.3. The van der Waals surface area contributed by atoms with Crippen LogP contribution in [0.25, 0.3) is 0 Å². The van der Waals surface area contributed by atoms with E-state index in [1.807, 2.05) is 12.1 Å². The second-order valence-corrected chi connectivity index (χ2v) is 5.25. The molecular formula is C17H17F2NO. The van der Waals surface area contributed by atoms with Gasteiger partial charge in [0, 0.05) is 6.54 Å². The molecule has 2 nitrogen and oxygen atoms in total. The van der Waals surface area contributed by atoms with E-state index in [0.29, 0.717) is 18.2 Å². The average Bonchev–Trinajstić information content (AvgIpc) is 3.31. The van der Waals surface area contributed by atoms with Crippen molar-refractivity contribution in [3.8, 4) is 5.75 Å². The van der Waals surface area contributed by atoms with E-state index in [9.17, 15) is 8.78 Å². The molecule has 0 bridgehead atoms. The summed E-state index contributed by atoms with van der Waals surface area (Å²) in [4.78, 5) is 0. The number of anilines is 1. The lowest BCUT2D eigenvalue weighted by atomic mass is 10.1. The van der Waals surface area contributed by atoms with Gasteiger partial charge in [-0.1, -0.05) is 36.4 Å². The van der Waals surface area contributed by atoms with E-state index in [1.54, 1.807) is 18.2 Å². The van der Waals surface area contributed by atoms with Gasteiger partial charge in [-0.05, 0) is 42.0 Å². The number of rotatable bonds is 6. The Hall–Kier alpha value is -2.10. The first-order valence-electron chi connectivity index (χ1n) is 7.09. The van der Waals surface area contributed by atoms with Crippen molar-refractivity contribution in [3.63, 3.8) is 0 Å². The fourth-order valence-electron chi connectivity index (χ4n) is 2.38. The van der Waals surface area contributed by atoms with Gasteiger partial charge < -0.3 is 10.1 Å². The van der Waals surface area contributed by atoms with Crippen LogP contribution in [-0.2, 0) is 6.54 Å². The molecule has 1 aliphatic rings.